The lowest BCUT2D eigenvalue weighted by Gasteiger charge is -2.32. The van der Waals surface area contributed by atoms with Gasteiger partial charge in [-0.2, -0.15) is 0 Å². The van der Waals surface area contributed by atoms with Crippen LogP contribution >= 0.6 is 0 Å². The highest BCUT2D eigenvalue weighted by molar-refractivity contribution is 6.51. The van der Waals surface area contributed by atoms with Crippen LogP contribution in [0.4, 0.5) is 0 Å². The van der Waals surface area contributed by atoms with E-state index >= 15 is 0 Å². The number of hydrogen-bond acceptors (Lipinski definition) is 3. The Labute approximate surface area is 140 Å². The van der Waals surface area contributed by atoms with Gasteiger partial charge < -0.3 is 14.4 Å². The normalized spacial score (nSPS) is 22.8. The molecule has 1 heterocycles. The minimum absolute atomic E-state index is 0.0195. The first-order valence-corrected chi connectivity index (χ1v) is 8.16. The SMILES string of the molecule is C[C@H](/C=C/B1OC(C)(C)C(C)(C)O1)[C@@H](O)/C=C/c1ccccc1. The Kier molecular flexibility index (Phi) is 5.51. The van der Waals surface area contributed by atoms with Crippen molar-refractivity contribution in [1.29, 1.82) is 0 Å². The molecule has 1 aliphatic rings. The minimum Gasteiger partial charge on any atom is -0.400 e. The van der Waals surface area contributed by atoms with Crippen LogP contribution in [-0.2, 0) is 9.31 Å². The molecule has 0 saturated carbocycles. The van der Waals surface area contributed by atoms with E-state index in [2.05, 4.69) is 0 Å². The van der Waals surface area contributed by atoms with Gasteiger partial charge in [-0.1, -0.05) is 61.5 Å². The lowest BCUT2D eigenvalue weighted by Crippen LogP contribution is -2.41. The van der Waals surface area contributed by atoms with Gasteiger partial charge in [0, 0.05) is 5.92 Å². The Morgan fingerprint density at radius 1 is 1.00 bits per heavy atom. The first kappa shape index (κ1) is 18.0. The Morgan fingerprint density at radius 2 is 1.57 bits per heavy atom. The third-order valence-corrected chi connectivity index (χ3v) is 4.67. The summed E-state index contributed by atoms with van der Waals surface area (Å²) >= 11 is 0. The first-order chi connectivity index (χ1) is 10.7. The Morgan fingerprint density at radius 3 is 2.13 bits per heavy atom. The third kappa shape index (κ3) is 4.57. The molecule has 0 spiro atoms. The van der Waals surface area contributed by atoms with Gasteiger partial charge in [0.15, 0.2) is 0 Å². The van der Waals surface area contributed by atoms with Crippen molar-refractivity contribution in [2.75, 3.05) is 0 Å². The maximum atomic E-state index is 10.2. The Balaban J connectivity index is 1.91. The average molecular weight is 314 g/mol. The van der Waals surface area contributed by atoms with Crippen molar-refractivity contribution in [3.05, 3.63) is 54.0 Å². The summed E-state index contributed by atoms with van der Waals surface area (Å²) in [4.78, 5) is 0. The van der Waals surface area contributed by atoms with Gasteiger partial charge in [0.1, 0.15) is 0 Å². The van der Waals surface area contributed by atoms with Gasteiger partial charge in [-0.15, -0.1) is 0 Å². The second-order valence-electron chi connectivity index (χ2n) is 7.13. The maximum absolute atomic E-state index is 10.2. The smallest absolute Gasteiger partial charge is 0.400 e. The third-order valence-electron chi connectivity index (χ3n) is 4.67. The number of benzene rings is 1. The van der Waals surface area contributed by atoms with E-state index in [9.17, 15) is 5.11 Å². The van der Waals surface area contributed by atoms with E-state index in [4.69, 9.17) is 9.31 Å². The summed E-state index contributed by atoms with van der Waals surface area (Å²) < 4.78 is 11.8. The molecule has 0 amide bonds. The van der Waals surface area contributed by atoms with Crippen LogP contribution in [0, 0.1) is 5.92 Å². The second-order valence-corrected chi connectivity index (χ2v) is 7.13. The van der Waals surface area contributed by atoms with Crippen molar-refractivity contribution in [2.24, 2.45) is 5.92 Å². The molecule has 23 heavy (non-hydrogen) atoms. The van der Waals surface area contributed by atoms with Crippen LogP contribution in [0.5, 0.6) is 0 Å². The van der Waals surface area contributed by atoms with E-state index in [1.165, 1.54) is 0 Å². The molecule has 1 N–H and O–H groups in total. The molecule has 0 aliphatic carbocycles. The molecule has 1 fully saturated rings. The highest BCUT2D eigenvalue weighted by Gasteiger charge is 2.50. The number of aliphatic hydroxyl groups is 1. The summed E-state index contributed by atoms with van der Waals surface area (Å²) in [5.41, 5.74) is 0.405. The summed E-state index contributed by atoms with van der Waals surface area (Å²) in [5, 5.41) is 10.2. The van der Waals surface area contributed by atoms with Crippen LogP contribution in [0.25, 0.3) is 6.08 Å². The van der Waals surface area contributed by atoms with E-state index in [0.717, 1.165) is 5.56 Å². The van der Waals surface area contributed by atoms with E-state index in [1.807, 2.05) is 89.2 Å². The zero-order valence-corrected chi connectivity index (χ0v) is 14.7. The molecular weight excluding hydrogens is 287 g/mol. The van der Waals surface area contributed by atoms with Crippen molar-refractivity contribution in [3.8, 4) is 0 Å². The zero-order chi connectivity index (χ0) is 17.1. The second kappa shape index (κ2) is 7.04. The summed E-state index contributed by atoms with van der Waals surface area (Å²) in [6.45, 7) is 10.1. The van der Waals surface area contributed by atoms with E-state index in [0.29, 0.717) is 0 Å². The summed E-state index contributed by atoms with van der Waals surface area (Å²) in [7, 11) is -0.368. The molecule has 0 radical (unpaired) electrons. The Hall–Kier alpha value is -1.36. The van der Waals surface area contributed by atoms with Crippen molar-refractivity contribution in [2.45, 2.75) is 51.9 Å². The molecule has 1 saturated heterocycles. The number of hydrogen-bond donors (Lipinski definition) is 1. The van der Waals surface area contributed by atoms with Crippen molar-refractivity contribution in [3.63, 3.8) is 0 Å². The predicted molar refractivity (Wildman–Crippen MR) is 95.9 cm³/mol. The van der Waals surface area contributed by atoms with Gasteiger partial charge in [0.2, 0.25) is 0 Å². The van der Waals surface area contributed by atoms with Crippen molar-refractivity contribution < 1.29 is 14.4 Å². The van der Waals surface area contributed by atoms with Crippen LogP contribution in [0.15, 0.2) is 48.5 Å². The molecule has 2 atom stereocenters. The molecule has 1 aliphatic heterocycles. The monoisotopic (exact) mass is 314 g/mol. The summed E-state index contributed by atoms with van der Waals surface area (Å²) in [6.07, 6.45) is 5.15. The molecule has 0 bridgehead atoms. The molecule has 124 valence electrons. The standard InChI is InChI=1S/C19H27BO3/c1-15(17(21)12-11-16-9-7-6-8-10-16)13-14-20-22-18(2,3)19(4,5)23-20/h6-15,17,21H,1-5H3/b12-11+,14-13+/t15-,17+/m1/s1. The van der Waals surface area contributed by atoms with Gasteiger partial charge in [0.05, 0.1) is 17.3 Å². The highest BCUT2D eigenvalue weighted by Crippen LogP contribution is 2.36. The fraction of sp³-hybridized carbons (Fsp3) is 0.474. The summed E-state index contributed by atoms with van der Waals surface area (Å²) in [5.74, 6) is 1.87. The van der Waals surface area contributed by atoms with Gasteiger partial charge in [-0.25, -0.2) is 0 Å². The number of rotatable bonds is 5. The largest absolute Gasteiger partial charge is 0.486 e. The van der Waals surface area contributed by atoms with E-state index in [-0.39, 0.29) is 24.2 Å². The molecule has 0 aromatic heterocycles. The summed E-state index contributed by atoms with van der Waals surface area (Å²) in [6, 6.07) is 9.95. The lowest BCUT2D eigenvalue weighted by molar-refractivity contribution is 0.00578. The minimum atomic E-state index is -0.547. The zero-order valence-electron chi connectivity index (χ0n) is 14.7. The van der Waals surface area contributed by atoms with Crippen LogP contribution in [0.2, 0.25) is 0 Å². The van der Waals surface area contributed by atoms with Gasteiger partial charge in [-0.05, 0) is 33.3 Å². The van der Waals surface area contributed by atoms with Crippen LogP contribution in [0.1, 0.15) is 40.2 Å². The fourth-order valence-electron chi connectivity index (χ4n) is 2.30. The highest BCUT2D eigenvalue weighted by atomic mass is 16.7. The molecular formula is C19H27BO3. The van der Waals surface area contributed by atoms with Crippen LogP contribution in [-0.4, -0.2) is 29.5 Å². The van der Waals surface area contributed by atoms with Crippen molar-refractivity contribution >= 4 is 13.2 Å². The molecule has 2 rings (SSSR count). The predicted octanol–water partition coefficient (Wildman–Crippen LogP) is 3.88. The fourth-order valence-corrected chi connectivity index (χ4v) is 2.30. The lowest BCUT2D eigenvalue weighted by atomic mass is 9.87. The topological polar surface area (TPSA) is 38.7 Å². The molecule has 1 aromatic carbocycles. The Bertz CT molecular complexity index is 547. The van der Waals surface area contributed by atoms with Gasteiger partial charge in [-0.3, -0.25) is 0 Å². The molecule has 3 nitrogen and oxygen atoms in total. The molecule has 1 aromatic rings. The van der Waals surface area contributed by atoms with Gasteiger partial charge >= 0.3 is 7.12 Å². The average Bonchev–Trinajstić information content (AvgIpc) is 2.71. The molecule has 0 unspecified atom stereocenters. The van der Waals surface area contributed by atoms with E-state index in [1.54, 1.807) is 0 Å². The quantitative estimate of drug-likeness (QED) is 0.838. The molecule has 4 heteroatoms. The van der Waals surface area contributed by atoms with Crippen molar-refractivity contribution in [1.82, 2.24) is 0 Å². The first-order valence-electron chi connectivity index (χ1n) is 8.16. The van der Waals surface area contributed by atoms with E-state index < -0.39 is 6.10 Å². The van der Waals surface area contributed by atoms with Crippen LogP contribution in [0.3, 0.4) is 0 Å². The number of aliphatic hydroxyl groups excluding tert-OH is 1. The van der Waals surface area contributed by atoms with Gasteiger partial charge in [0.25, 0.3) is 0 Å². The van der Waals surface area contributed by atoms with Crippen LogP contribution < -0.4 is 0 Å². The maximum Gasteiger partial charge on any atom is 0.486 e.